The second-order valence-corrected chi connectivity index (χ2v) is 13.3. The van der Waals surface area contributed by atoms with Crippen LogP contribution >= 0.6 is 0 Å². The maximum Gasteiger partial charge on any atom is 0.160 e. The highest BCUT2D eigenvalue weighted by atomic mass is 15.0. The van der Waals surface area contributed by atoms with Crippen molar-refractivity contribution in [1.82, 2.24) is 14.5 Å². The zero-order valence-corrected chi connectivity index (χ0v) is 27.1. The van der Waals surface area contributed by atoms with E-state index in [4.69, 9.17) is 9.97 Å². The maximum absolute atomic E-state index is 5.19. The molecule has 1 spiro atoms. The Balaban J connectivity index is 1.20. The average Bonchev–Trinajstić information content (AvgIpc) is 3.69. The molecule has 3 nitrogen and oxygen atoms in total. The van der Waals surface area contributed by atoms with Gasteiger partial charge < -0.3 is 4.57 Å². The fraction of sp³-hybridized carbons (Fsp3) is 0.0213. The molecule has 0 radical (unpaired) electrons. The van der Waals surface area contributed by atoms with E-state index in [-0.39, 0.29) is 0 Å². The molecule has 50 heavy (non-hydrogen) atoms. The first kappa shape index (κ1) is 27.4. The van der Waals surface area contributed by atoms with Gasteiger partial charge in [-0.1, -0.05) is 152 Å². The van der Waals surface area contributed by atoms with Crippen LogP contribution in [0.4, 0.5) is 0 Å². The molecule has 3 heteroatoms. The van der Waals surface area contributed by atoms with Gasteiger partial charge >= 0.3 is 0 Å². The van der Waals surface area contributed by atoms with E-state index in [0.29, 0.717) is 0 Å². The lowest BCUT2D eigenvalue weighted by molar-refractivity contribution is 0.748. The van der Waals surface area contributed by atoms with Crippen LogP contribution in [0.3, 0.4) is 0 Å². The molecule has 0 fully saturated rings. The van der Waals surface area contributed by atoms with Gasteiger partial charge in [0.15, 0.2) is 5.82 Å². The fourth-order valence-electron chi connectivity index (χ4n) is 8.79. The van der Waals surface area contributed by atoms with E-state index in [1.165, 1.54) is 60.9 Å². The molecule has 11 rings (SSSR count). The molecule has 1 aliphatic heterocycles. The van der Waals surface area contributed by atoms with Crippen LogP contribution in [0.15, 0.2) is 176 Å². The van der Waals surface area contributed by atoms with E-state index in [9.17, 15) is 0 Å². The van der Waals surface area contributed by atoms with Crippen LogP contribution in [-0.2, 0) is 5.41 Å². The number of fused-ring (bicyclic) bond motifs is 12. The quantitative estimate of drug-likeness (QED) is 0.193. The third-order valence-electron chi connectivity index (χ3n) is 10.8. The Morgan fingerprint density at radius 1 is 0.400 bits per heavy atom. The van der Waals surface area contributed by atoms with Gasteiger partial charge in [-0.25, -0.2) is 9.97 Å². The van der Waals surface area contributed by atoms with Gasteiger partial charge in [0, 0.05) is 27.5 Å². The normalized spacial score (nSPS) is 15.3. The van der Waals surface area contributed by atoms with Crippen molar-refractivity contribution in [2.45, 2.75) is 5.41 Å². The SMILES string of the molecule is c1ccc(-c2cc(-c3ccc4c(c3)-c3ccccc3C43c4ccccc4-n4c5ccccc5c5cccc3c54)nc(-c3ccccc3)n2)cc1. The van der Waals surface area contributed by atoms with Crippen molar-refractivity contribution in [2.75, 3.05) is 0 Å². The highest BCUT2D eigenvalue weighted by molar-refractivity contribution is 6.12. The van der Waals surface area contributed by atoms with Crippen molar-refractivity contribution < 1.29 is 0 Å². The van der Waals surface area contributed by atoms with E-state index < -0.39 is 5.41 Å². The Hall–Kier alpha value is -6.58. The largest absolute Gasteiger partial charge is 0.309 e. The number of hydrogen-bond acceptors (Lipinski definition) is 2. The summed E-state index contributed by atoms with van der Waals surface area (Å²) in [5.41, 5.74) is 16.0. The lowest BCUT2D eigenvalue weighted by Gasteiger charge is -2.39. The number of benzene rings is 7. The average molecular weight is 636 g/mol. The first-order chi connectivity index (χ1) is 24.8. The van der Waals surface area contributed by atoms with E-state index in [0.717, 1.165) is 33.9 Å². The van der Waals surface area contributed by atoms with Gasteiger partial charge in [0.2, 0.25) is 0 Å². The maximum atomic E-state index is 5.19. The van der Waals surface area contributed by atoms with Gasteiger partial charge in [-0.05, 0) is 57.6 Å². The topological polar surface area (TPSA) is 30.7 Å². The lowest BCUT2D eigenvalue weighted by Crippen LogP contribution is -2.33. The van der Waals surface area contributed by atoms with Gasteiger partial charge in [-0.15, -0.1) is 0 Å². The Labute approximate surface area is 289 Å². The van der Waals surface area contributed by atoms with E-state index in [1.807, 2.05) is 24.3 Å². The summed E-state index contributed by atoms with van der Waals surface area (Å²) < 4.78 is 2.49. The summed E-state index contributed by atoms with van der Waals surface area (Å²) in [5, 5.41) is 2.57. The molecule has 0 saturated heterocycles. The predicted molar refractivity (Wildman–Crippen MR) is 204 cm³/mol. The molecule has 1 unspecified atom stereocenters. The molecule has 0 saturated carbocycles. The summed E-state index contributed by atoms with van der Waals surface area (Å²) in [6.45, 7) is 0. The molecule has 232 valence electrons. The van der Waals surface area contributed by atoms with Crippen LogP contribution in [0.25, 0.3) is 72.5 Å². The number of hydrogen-bond donors (Lipinski definition) is 0. The fourth-order valence-corrected chi connectivity index (χ4v) is 8.79. The van der Waals surface area contributed by atoms with Crippen molar-refractivity contribution in [3.8, 4) is 50.7 Å². The Morgan fingerprint density at radius 3 is 1.86 bits per heavy atom. The molecule has 0 N–H and O–H groups in total. The zero-order valence-electron chi connectivity index (χ0n) is 27.1. The van der Waals surface area contributed by atoms with Crippen LogP contribution < -0.4 is 0 Å². The zero-order chi connectivity index (χ0) is 32.8. The summed E-state index contributed by atoms with van der Waals surface area (Å²) >= 11 is 0. The van der Waals surface area contributed by atoms with Crippen LogP contribution in [0.2, 0.25) is 0 Å². The number of para-hydroxylation sites is 3. The molecule has 9 aromatic rings. The second-order valence-electron chi connectivity index (χ2n) is 13.3. The molecule has 0 amide bonds. The minimum atomic E-state index is -0.471. The van der Waals surface area contributed by atoms with Crippen molar-refractivity contribution in [3.63, 3.8) is 0 Å². The van der Waals surface area contributed by atoms with Gasteiger partial charge in [-0.2, -0.15) is 0 Å². The van der Waals surface area contributed by atoms with Crippen LogP contribution in [0.1, 0.15) is 22.3 Å². The van der Waals surface area contributed by atoms with Gasteiger partial charge in [0.25, 0.3) is 0 Å². The minimum Gasteiger partial charge on any atom is -0.309 e. The minimum absolute atomic E-state index is 0.471. The lowest BCUT2D eigenvalue weighted by atomic mass is 9.65. The highest BCUT2D eigenvalue weighted by Gasteiger charge is 2.50. The van der Waals surface area contributed by atoms with Crippen LogP contribution in [0, 0.1) is 0 Å². The summed E-state index contributed by atoms with van der Waals surface area (Å²) in [4.78, 5) is 10.2. The van der Waals surface area contributed by atoms with E-state index >= 15 is 0 Å². The summed E-state index contributed by atoms with van der Waals surface area (Å²) in [6, 6.07) is 63.5. The Bertz CT molecular complexity index is 2760. The molecule has 0 bridgehead atoms. The third kappa shape index (κ3) is 3.58. The molecule has 7 aromatic carbocycles. The monoisotopic (exact) mass is 635 g/mol. The summed E-state index contributed by atoms with van der Waals surface area (Å²) in [5.74, 6) is 0.722. The Kier molecular flexibility index (Phi) is 5.59. The first-order valence-electron chi connectivity index (χ1n) is 17.2. The summed E-state index contributed by atoms with van der Waals surface area (Å²) in [6.07, 6.45) is 0. The molecule has 1 atom stereocenters. The molecule has 1 aliphatic carbocycles. The third-order valence-corrected chi connectivity index (χ3v) is 10.8. The smallest absolute Gasteiger partial charge is 0.160 e. The number of rotatable bonds is 3. The van der Waals surface area contributed by atoms with Crippen LogP contribution in [-0.4, -0.2) is 14.5 Å². The molecular formula is C47H29N3. The van der Waals surface area contributed by atoms with Crippen molar-refractivity contribution in [2.24, 2.45) is 0 Å². The van der Waals surface area contributed by atoms with Gasteiger partial charge in [0.05, 0.1) is 33.5 Å². The second kappa shape index (κ2) is 10.2. The first-order valence-corrected chi connectivity index (χ1v) is 17.2. The number of aromatic nitrogens is 3. The predicted octanol–water partition coefficient (Wildman–Crippen LogP) is 11.3. The molecule has 2 aromatic heterocycles. The Morgan fingerprint density at radius 2 is 1.02 bits per heavy atom. The van der Waals surface area contributed by atoms with Gasteiger partial charge in [0.1, 0.15) is 0 Å². The summed E-state index contributed by atoms with van der Waals surface area (Å²) in [7, 11) is 0. The standard InChI is InChI=1S/C47H29N3/c1-3-14-30(15-4-1)41-29-42(49-46(48-41)31-16-5-2-6-17-31)32-26-27-38-36(28-32)33-18-7-9-21-37(33)47(38)39-22-10-12-25-44(39)50-43-24-11-8-19-34(43)35-20-13-23-40(47)45(35)50/h1-29H. The number of nitrogens with zero attached hydrogens (tertiary/aromatic N) is 3. The van der Waals surface area contributed by atoms with Crippen molar-refractivity contribution in [3.05, 3.63) is 198 Å². The molecule has 3 heterocycles. The molecular weight excluding hydrogens is 607 g/mol. The van der Waals surface area contributed by atoms with Crippen LogP contribution in [0.5, 0.6) is 0 Å². The van der Waals surface area contributed by atoms with Gasteiger partial charge in [-0.3, -0.25) is 0 Å². The van der Waals surface area contributed by atoms with E-state index in [1.54, 1.807) is 0 Å². The highest BCUT2D eigenvalue weighted by Crippen LogP contribution is 2.61. The van der Waals surface area contributed by atoms with Crippen molar-refractivity contribution >= 4 is 21.8 Å². The van der Waals surface area contributed by atoms with E-state index in [2.05, 4.69) is 156 Å². The van der Waals surface area contributed by atoms with Crippen molar-refractivity contribution in [1.29, 1.82) is 0 Å². The molecule has 2 aliphatic rings.